The molecule has 3 N–H and O–H groups in total. The van der Waals surface area contributed by atoms with E-state index in [-0.39, 0.29) is 30.4 Å². The third-order valence-electron chi connectivity index (χ3n) is 4.85. The number of hydrogen-bond acceptors (Lipinski definition) is 6. The number of piperidine rings is 1. The number of fused-ring (bicyclic) bond motifs is 1. The van der Waals surface area contributed by atoms with E-state index in [0.29, 0.717) is 37.5 Å². The Morgan fingerprint density at radius 1 is 1.24 bits per heavy atom. The number of nitrogens with one attached hydrogen (secondary N) is 1. The van der Waals surface area contributed by atoms with Gasteiger partial charge in [-0.25, -0.2) is 0 Å². The molecule has 3 amide bonds. The molecule has 25 heavy (non-hydrogen) atoms. The van der Waals surface area contributed by atoms with E-state index < -0.39 is 11.9 Å². The van der Waals surface area contributed by atoms with Gasteiger partial charge in [-0.05, 0) is 30.2 Å². The molecule has 1 unspecified atom stereocenters. The van der Waals surface area contributed by atoms with Gasteiger partial charge in [0.2, 0.25) is 11.8 Å². The number of carbonyl (C=O) groups excluding carboxylic acids is 3. The maximum absolute atomic E-state index is 12.6. The number of rotatable bonds is 3. The van der Waals surface area contributed by atoms with E-state index in [1.54, 1.807) is 12.1 Å². The van der Waals surface area contributed by atoms with Gasteiger partial charge in [-0.15, -0.1) is 0 Å². The Bertz CT molecular complexity index is 750. The van der Waals surface area contributed by atoms with Gasteiger partial charge in [0, 0.05) is 18.5 Å². The predicted octanol–water partition coefficient (Wildman–Crippen LogP) is -0.447. The molecule has 0 aliphatic carbocycles. The van der Waals surface area contributed by atoms with Crippen LogP contribution in [0.3, 0.4) is 0 Å². The monoisotopic (exact) mass is 345 g/mol. The summed E-state index contributed by atoms with van der Waals surface area (Å²) >= 11 is 0. The summed E-state index contributed by atoms with van der Waals surface area (Å²) in [7, 11) is 0. The van der Waals surface area contributed by atoms with Crippen molar-refractivity contribution in [3.8, 4) is 5.75 Å². The average molecular weight is 345 g/mol. The van der Waals surface area contributed by atoms with Crippen molar-refractivity contribution >= 4 is 17.7 Å². The minimum atomic E-state index is -0.612. The lowest BCUT2D eigenvalue weighted by atomic mass is 10.0. The van der Waals surface area contributed by atoms with E-state index in [4.69, 9.17) is 15.2 Å². The Labute approximate surface area is 144 Å². The highest BCUT2D eigenvalue weighted by Crippen LogP contribution is 2.30. The van der Waals surface area contributed by atoms with Crippen LogP contribution in [-0.4, -0.2) is 54.0 Å². The topological polar surface area (TPSA) is 111 Å². The summed E-state index contributed by atoms with van der Waals surface area (Å²) in [6.07, 6.45) is 0.383. The van der Waals surface area contributed by atoms with Gasteiger partial charge >= 0.3 is 0 Å². The fraction of sp³-hybridized carbons (Fsp3) is 0.471. The molecule has 8 heteroatoms. The first-order valence-corrected chi connectivity index (χ1v) is 8.30. The van der Waals surface area contributed by atoms with Crippen LogP contribution in [0.4, 0.5) is 0 Å². The quantitative estimate of drug-likeness (QED) is 0.718. The van der Waals surface area contributed by atoms with E-state index >= 15 is 0 Å². The number of amides is 3. The summed E-state index contributed by atoms with van der Waals surface area (Å²) in [4.78, 5) is 37.5. The molecule has 3 aliphatic heterocycles. The number of nitrogens with zero attached hydrogens (tertiary/aromatic N) is 1. The molecule has 0 radical (unpaired) electrons. The van der Waals surface area contributed by atoms with Gasteiger partial charge in [-0.2, -0.15) is 0 Å². The first kappa shape index (κ1) is 16.0. The van der Waals surface area contributed by atoms with Crippen molar-refractivity contribution in [3.05, 3.63) is 29.3 Å². The second-order valence-electron chi connectivity index (χ2n) is 6.58. The van der Waals surface area contributed by atoms with Crippen LogP contribution in [0.5, 0.6) is 5.75 Å². The van der Waals surface area contributed by atoms with E-state index in [0.717, 1.165) is 5.56 Å². The van der Waals surface area contributed by atoms with Crippen molar-refractivity contribution in [2.45, 2.75) is 37.6 Å². The molecule has 1 aromatic carbocycles. The SMILES string of the molecule is N[C@H]1COC[C@@H]1Oc1ccc2c(c1)CN(C1CCC(=O)NC1=O)C2=O. The number of carbonyl (C=O) groups is 3. The van der Waals surface area contributed by atoms with Crippen molar-refractivity contribution in [2.75, 3.05) is 13.2 Å². The Balaban J connectivity index is 1.51. The van der Waals surface area contributed by atoms with Crippen LogP contribution in [0.25, 0.3) is 0 Å². The minimum absolute atomic E-state index is 0.171. The molecular formula is C17H19N3O5. The average Bonchev–Trinajstić information content (AvgIpc) is 3.12. The molecule has 0 saturated carbocycles. The van der Waals surface area contributed by atoms with E-state index in [1.807, 2.05) is 6.07 Å². The zero-order valence-electron chi connectivity index (χ0n) is 13.6. The van der Waals surface area contributed by atoms with Crippen LogP contribution in [0.15, 0.2) is 18.2 Å². The van der Waals surface area contributed by atoms with Crippen molar-refractivity contribution < 1.29 is 23.9 Å². The fourth-order valence-corrected chi connectivity index (χ4v) is 3.47. The van der Waals surface area contributed by atoms with E-state index in [1.165, 1.54) is 4.90 Å². The molecule has 3 aliphatic rings. The summed E-state index contributed by atoms with van der Waals surface area (Å²) in [5.74, 6) is -0.279. The van der Waals surface area contributed by atoms with Gasteiger partial charge < -0.3 is 20.1 Å². The summed E-state index contributed by atoms with van der Waals surface area (Å²) in [6.45, 7) is 1.24. The number of nitrogens with two attached hydrogens (primary N) is 1. The van der Waals surface area contributed by atoms with Crippen LogP contribution >= 0.6 is 0 Å². The summed E-state index contributed by atoms with van der Waals surface area (Å²) in [5, 5.41) is 2.29. The summed E-state index contributed by atoms with van der Waals surface area (Å²) < 4.78 is 11.1. The third kappa shape index (κ3) is 2.87. The fourth-order valence-electron chi connectivity index (χ4n) is 3.47. The van der Waals surface area contributed by atoms with Gasteiger partial charge in [-0.3, -0.25) is 19.7 Å². The molecule has 0 spiro atoms. The number of benzene rings is 1. The maximum atomic E-state index is 12.6. The van der Waals surface area contributed by atoms with Crippen LogP contribution in [-0.2, 0) is 20.9 Å². The molecule has 0 bridgehead atoms. The molecule has 3 atom stereocenters. The maximum Gasteiger partial charge on any atom is 0.255 e. The summed E-state index contributed by atoms with van der Waals surface area (Å²) in [5.41, 5.74) is 7.29. The lowest BCUT2D eigenvalue weighted by molar-refractivity contribution is -0.136. The van der Waals surface area contributed by atoms with Crippen LogP contribution in [0, 0.1) is 0 Å². The summed E-state index contributed by atoms with van der Waals surface area (Å²) in [6, 6.07) is 4.47. The van der Waals surface area contributed by atoms with Crippen molar-refractivity contribution in [3.63, 3.8) is 0 Å². The highest BCUT2D eigenvalue weighted by atomic mass is 16.5. The van der Waals surface area contributed by atoms with Gasteiger partial charge in [0.1, 0.15) is 17.9 Å². The van der Waals surface area contributed by atoms with Gasteiger partial charge in [0.05, 0.1) is 19.3 Å². The highest BCUT2D eigenvalue weighted by molar-refractivity contribution is 6.05. The van der Waals surface area contributed by atoms with E-state index in [9.17, 15) is 14.4 Å². The molecule has 132 valence electrons. The molecule has 4 rings (SSSR count). The first-order valence-electron chi connectivity index (χ1n) is 8.30. The van der Waals surface area contributed by atoms with Crippen LogP contribution in [0.2, 0.25) is 0 Å². The van der Waals surface area contributed by atoms with E-state index in [2.05, 4.69) is 5.32 Å². The molecule has 3 heterocycles. The molecule has 2 saturated heterocycles. The third-order valence-corrected chi connectivity index (χ3v) is 4.85. The lowest BCUT2D eigenvalue weighted by Gasteiger charge is -2.29. The normalized spacial score (nSPS) is 28.9. The predicted molar refractivity (Wildman–Crippen MR) is 85.7 cm³/mol. The second kappa shape index (κ2) is 6.12. The van der Waals surface area contributed by atoms with Crippen LogP contribution < -0.4 is 15.8 Å². The molecule has 0 aromatic heterocycles. The van der Waals surface area contributed by atoms with Crippen molar-refractivity contribution in [2.24, 2.45) is 5.73 Å². The number of imide groups is 1. The largest absolute Gasteiger partial charge is 0.486 e. The van der Waals surface area contributed by atoms with Crippen molar-refractivity contribution in [1.29, 1.82) is 0 Å². The van der Waals surface area contributed by atoms with Gasteiger partial charge in [0.25, 0.3) is 5.91 Å². The van der Waals surface area contributed by atoms with Gasteiger partial charge in [0.15, 0.2) is 0 Å². The smallest absolute Gasteiger partial charge is 0.255 e. The zero-order valence-corrected chi connectivity index (χ0v) is 13.6. The lowest BCUT2D eigenvalue weighted by Crippen LogP contribution is -2.52. The number of ether oxygens (including phenoxy) is 2. The molecule has 1 aromatic rings. The van der Waals surface area contributed by atoms with Crippen molar-refractivity contribution in [1.82, 2.24) is 10.2 Å². The Kier molecular flexibility index (Phi) is 3.93. The van der Waals surface area contributed by atoms with Crippen LogP contribution in [0.1, 0.15) is 28.8 Å². The molecule has 8 nitrogen and oxygen atoms in total. The Morgan fingerprint density at radius 3 is 2.80 bits per heavy atom. The molecule has 2 fully saturated rings. The first-order chi connectivity index (χ1) is 12.0. The second-order valence-corrected chi connectivity index (χ2v) is 6.58. The molecular weight excluding hydrogens is 326 g/mol. The Hall–Kier alpha value is -2.45. The Morgan fingerprint density at radius 2 is 2.08 bits per heavy atom. The number of hydrogen-bond donors (Lipinski definition) is 2. The minimum Gasteiger partial charge on any atom is -0.486 e. The standard InChI is InChI=1S/C17H19N3O5/c18-12-7-24-8-14(12)25-10-1-2-11-9(5-10)6-20(17(11)23)13-3-4-15(21)19-16(13)22/h1-2,5,12-14H,3-4,6-8,18H2,(H,19,21,22)/t12-,13?,14-/m0/s1. The zero-order chi connectivity index (χ0) is 17.6. The van der Waals surface area contributed by atoms with Gasteiger partial charge in [-0.1, -0.05) is 0 Å². The highest BCUT2D eigenvalue weighted by Gasteiger charge is 2.39.